The molecule has 1 aromatic rings. The molecule has 0 amide bonds. The predicted molar refractivity (Wildman–Crippen MR) is 78.5 cm³/mol. The van der Waals surface area contributed by atoms with Crippen LogP contribution in [0.2, 0.25) is 0 Å². The summed E-state index contributed by atoms with van der Waals surface area (Å²) in [7, 11) is 0. The van der Waals surface area contributed by atoms with Gasteiger partial charge in [-0.15, -0.1) is 11.8 Å². The average Bonchev–Trinajstić information content (AvgIpc) is 2.47. The molecule has 0 bridgehead atoms. The Morgan fingerprint density at radius 3 is 2.84 bits per heavy atom. The van der Waals surface area contributed by atoms with E-state index < -0.39 is 0 Å². The Balaban J connectivity index is 1.82. The quantitative estimate of drug-likeness (QED) is 0.923. The van der Waals surface area contributed by atoms with E-state index in [-0.39, 0.29) is 0 Å². The summed E-state index contributed by atoms with van der Waals surface area (Å²) in [5.41, 5.74) is 9.90. The predicted octanol–water partition coefficient (Wildman–Crippen LogP) is 2.69. The number of rotatable bonds is 3. The number of pyridine rings is 1. The minimum atomic E-state index is 0.603. The molecule has 2 heterocycles. The number of nitrogens with zero attached hydrogens (tertiary/aromatic N) is 1. The number of hydrogen-bond donors (Lipinski definition) is 1. The summed E-state index contributed by atoms with van der Waals surface area (Å²) in [6, 6.07) is 2.31. The van der Waals surface area contributed by atoms with Crippen molar-refractivity contribution in [3.8, 4) is 0 Å². The van der Waals surface area contributed by atoms with E-state index in [9.17, 15) is 0 Å². The van der Waals surface area contributed by atoms with Gasteiger partial charge in [-0.25, -0.2) is 4.98 Å². The highest BCUT2D eigenvalue weighted by Crippen LogP contribution is 2.33. The molecular formula is C15H22N2OS. The maximum absolute atomic E-state index is 5.91. The molecule has 3 rings (SSSR count). The van der Waals surface area contributed by atoms with E-state index in [1.165, 1.54) is 41.1 Å². The van der Waals surface area contributed by atoms with Gasteiger partial charge in [0.1, 0.15) is 5.03 Å². The molecule has 1 fully saturated rings. The van der Waals surface area contributed by atoms with Gasteiger partial charge in [0.2, 0.25) is 0 Å². The van der Waals surface area contributed by atoms with E-state index in [1.54, 1.807) is 0 Å². The van der Waals surface area contributed by atoms with Crippen molar-refractivity contribution in [3.05, 3.63) is 22.9 Å². The topological polar surface area (TPSA) is 48.1 Å². The average molecular weight is 278 g/mol. The summed E-state index contributed by atoms with van der Waals surface area (Å²) >= 11 is 1.92. The first-order valence-electron chi connectivity index (χ1n) is 7.33. The Kier molecular flexibility index (Phi) is 4.41. The third kappa shape index (κ3) is 3.12. The molecule has 0 spiro atoms. The fraction of sp³-hybridized carbons (Fsp3) is 0.667. The number of aryl methyl sites for hydroxylation is 2. The van der Waals surface area contributed by atoms with Crippen LogP contribution in [0.5, 0.6) is 0 Å². The molecule has 0 radical (unpaired) electrons. The molecule has 1 aromatic heterocycles. The number of ether oxygens (including phenoxy) is 1. The molecule has 1 aliphatic heterocycles. The third-order valence-electron chi connectivity index (χ3n) is 4.01. The Morgan fingerprint density at radius 2 is 2.05 bits per heavy atom. The first kappa shape index (κ1) is 13.4. The maximum atomic E-state index is 5.91. The van der Waals surface area contributed by atoms with Crippen molar-refractivity contribution in [1.29, 1.82) is 0 Å². The third-order valence-corrected chi connectivity index (χ3v) is 5.39. The fourth-order valence-corrected chi connectivity index (χ4v) is 4.06. The number of nitrogens with two attached hydrogens (primary N) is 1. The standard InChI is InChI=1S/C15H22N2OS/c16-10-12-9-11-3-1-2-4-14(11)17-15(12)19-13-5-7-18-8-6-13/h9,13H,1-8,10,16H2. The van der Waals surface area contributed by atoms with Gasteiger partial charge in [-0.2, -0.15) is 0 Å². The van der Waals surface area contributed by atoms with Crippen LogP contribution in [-0.4, -0.2) is 23.4 Å². The van der Waals surface area contributed by atoms with Crippen LogP contribution in [0.15, 0.2) is 11.1 Å². The van der Waals surface area contributed by atoms with Crippen LogP contribution in [0.4, 0.5) is 0 Å². The van der Waals surface area contributed by atoms with Crippen LogP contribution in [0.1, 0.15) is 42.5 Å². The van der Waals surface area contributed by atoms with Gasteiger partial charge in [0.25, 0.3) is 0 Å². The lowest BCUT2D eigenvalue weighted by Gasteiger charge is -2.23. The number of thioether (sulfide) groups is 1. The van der Waals surface area contributed by atoms with E-state index >= 15 is 0 Å². The normalized spacial score (nSPS) is 20.3. The largest absolute Gasteiger partial charge is 0.381 e. The highest BCUT2D eigenvalue weighted by molar-refractivity contribution is 7.99. The zero-order valence-electron chi connectivity index (χ0n) is 11.4. The Morgan fingerprint density at radius 1 is 1.26 bits per heavy atom. The van der Waals surface area contributed by atoms with Crippen LogP contribution < -0.4 is 5.73 Å². The first-order valence-corrected chi connectivity index (χ1v) is 8.21. The molecule has 1 aliphatic carbocycles. The van der Waals surface area contributed by atoms with Crippen molar-refractivity contribution in [3.63, 3.8) is 0 Å². The van der Waals surface area contributed by atoms with E-state index in [4.69, 9.17) is 15.5 Å². The highest BCUT2D eigenvalue weighted by Gasteiger charge is 2.20. The summed E-state index contributed by atoms with van der Waals surface area (Å²) in [6.07, 6.45) is 7.16. The molecule has 19 heavy (non-hydrogen) atoms. The van der Waals surface area contributed by atoms with Crippen molar-refractivity contribution in [1.82, 2.24) is 4.98 Å². The molecule has 0 saturated carbocycles. The number of aromatic nitrogens is 1. The van der Waals surface area contributed by atoms with Gasteiger partial charge in [0.05, 0.1) is 0 Å². The van der Waals surface area contributed by atoms with E-state index in [2.05, 4.69) is 6.07 Å². The lowest BCUT2D eigenvalue weighted by molar-refractivity contribution is 0.1000. The molecule has 2 N–H and O–H groups in total. The molecule has 104 valence electrons. The van der Waals surface area contributed by atoms with Gasteiger partial charge in [0, 0.05) is 30.7 Å². The molecule has 2 aliphatic rings. The second kappa shape index (κ2) is 6.25. The number of fused-ring (bicyclic) bond motifs is 1. The Hall–Kier alpha value is -0.580. The molecule has 3 nitrogen and oxygen atoms in total. The number of hydrogen-bond acceptors (Lipinski definition) is 4. The lowest BCUT2D eigenvalue weighted by Crippen LogP contribution is -2.18. The van der Waals surface area contributed by atoms with Gasteiger partial charge < -0.3 is 10.5 Å². The molecule has 0 unspecified atom stereocenters. The maximum Gasteiger partial charge on any atom is 0.101 e. The van der Waals surface area contributed by atoms with Gasteiger partial charge in [-0.1, -0.05) is 6.07 Å². The molecular weight excluding hydrogens is 256 g/mol. The van der Waals surface area contributed by atoms with E-state index in [0.29, 0.717) is 11.8 Å². The van der Waals surface area contributed by atoms with Crippen molar-refractivity contribution < 1.29 is 4.74 Å². The zero-order chi connectivity index (χ0) is 13.1. The van der Waals surface area contributed by atoms with Crippen molar-refractivity contribution in [2.75, 3.05) is 13.2 Å². The van der Waals surface area contributed by atoms with Crippen LogP contribution in [0.25, 0.3) is 0 Å². The van der Waals surface area contributed by atoms with Gasteiger partial charge in [-0.3, -0.25) is 0 Å². The summed E-state index contributed by atoms with van der Waals surface area (Å²) in [4.78, 5) is 4.92. The van der Waals surface area contributed by atoms with Crippen LogP contribution in [0, 0.1) is 0 Å². The minimum Gasteiger partial charge on any atom is -0.381 e. The SMILES string of the molecule is NCc1cc2c(nc1SC1CCOCC1)CCCC2. The second-order valence-electron chi connectivity index (χ2n) is 5.40. The minimum absolute atomic E-state index is 0.603. The van der Waals surface area contributed by atoms with E-state index in [1.807, 2.05) is 11.8 Å². The van der Waals surface area contributed by atoms with Crippen LogP contribution >= 0.6 is 11.8 Å². The fourth-order valence-electron chi connectivity index (χ4n) is 2.86. The van der Waals surface area contributed by atoms with Crippen molar-refractivity contribution in [2.45, 2.75) is 55.3 Å². The molecule has 0 aromatic carbocycles. The summed E-state index contributed by atoms with van der Waals surface area (Å²) in [5.74, 6) is 0. The molecule has 4 heteroatoms. The zero-order valence-corrected chi connectivity index (χ0v) is 12.2. The second-order valence-corrected chi connectivity index (χ2v) is 6.69. The monoisotopic (exact) mass is 278 g/mol. The van der Waals surface area contributed by atoms with Gasteiger partial charge >= 0.3 is 0 Å². The van der Waals surface area contributed by atoms with E-state index in [0.717, 1.165) is 32.5 Å². The molecule has 0 atom stereocenters. The van der Waals surface area contributed by atoms with Crippen molar-refractivity contribution in [2.24, 2.45) is 5.73 Å². The Bertz CT molecular complexity index is 444. The van der Waals surface area contributed by atoms with Crippen LogP contribution in [0.3, 0.4) is 0 Å². The smallest absolute Gasteiger partial charge is 0.101 e. The summed E-state index contributed by atoms with van der Waals surface area (Å²) < 4.78 is 5.43. The highest BCUT2D eigenvalue weighted by atomic mass is 32.2. The molecule has 1 saturated heterocycles. The summed E-state index contributed by atoms with van der Waals surface area (Å²) in [5, 5.41) is 1.82. The van der Waals surface area contributed by atoms with Gasteiger partial charge in [0.15, 0.2) is 0 Å². The van der Waals surface area contributed by atoms with Gasteiger partial charge in [-0.05, 0) is 49.7 Å². The lowest BCUT2D eigenvalue weighted by atomic mass is 9.95. The first-order chi connectivity index (χ1) is 9.36. The van der Waals surface area contributed by atoms with Crippen molar-refractivity contribution >= 4 is 11.8 Å². The van der Waals surface area contributed by atoms with Crippen LogP contribution in [-0.2, 0) is 24.1 Å². The Labute approximate surface area is 119 Å². The summed E-state index contributed by atoms with van der Waals surface area (Å²) in [6.45, 7) is 2.38.